The molecule has 0 spiro atoms. The predicted octanol–water partition coefficient (Wildman–Crippen LogP) is 4.82. The van der Waals surface area contributed by atoms with E-state index in [9.17, 15) is 0 Å². The molecule has 0 aromatic heterocycles. The van der Waals surface area contributed by atoms with Crippen LogP contribution in [0.4, 0.5) is 0 Å². The van der Waals surface area contributed by atoms with Crippen LogP contribution in [0, 0.1) is 0 Å². The van der Waals surface area contributed by atoms with Gasteiger partial charge in [0.05, 0.1) is 0 Å². The lowest BCUT2D eigenvalue weighted by Crippen LogP contribution is -1.98. The molecule has 1 aliphatic rings. The van der Waals surface area contributed by atoms with E-state index in [0.29, 0.717) is 0 Å². The van der Waals surface area contributed by atoms with Crippen molar-refractivity contribution in [2.45, 2.75) is 12.8 Å². The molecule has 0 unspecified atom stereocenters. The molecule has 0 heterocycles. The molecule has 0 radical (unpaired) electrons. The smallest absolute Gasteiger partial charge is 0.0256 e. The van der Waals surface area contributed by atoms with E-state index >= 15 is 0 Å². The predicted molar refractivity (Wildman–Crippen MR) is 76.9 cm³/mol. The lowest BCUT2D eigenvalue weighted by molar-refractivity contribution is 0.977. The van der Waals surface area contributed by atoms with Gasteiger partial charge in [0.25, 0.3) is 0 Å². The van der Waals surface area contributed by atoms with Crippen molar-refractivity contribution >= 4 is 45.4 Å². The molecule has 0 saturated heterocycles. The Morgan fingerprint density at radius 1 is 1.06 bits per heavy atom. The highest BCUT2D eigenvalue weighted by molar-refractivity contribution is 9.10. The van der Waals surface area contributed by atoms with Crippen LogP contribution in [0.1, 0.15) is 17.5 Å². The number of allylic oxidation sites excluding steroid dienone is 1. The van der Waals surface area contributed by atoms with E-state index in [0.717, 1.165) is 12.8 Å². The van der Waals surface area contributed by atoms with Crippen molar-refractivity contribution in [2.24, 2.45) is 0 Å². The molecule has 0 nitrogen and oxygen atoms in total. The second-order valence-electron chi connectivity index (χ2n) is 4.11. The highest BCUT2D eigenvalue weighted by atomic mass is 79.9. The third kappa shape index (κ3) is 1.61. The summed E-state index contributed by atoms with van der Waals surface area (Å²) in [4.78, 5) is 1.18. The molecular weight excluding hydrogens is 280 g/mol. The van der Waals surface area contributed by atoms with Gasteiger partial charge in [-0.25, -0.2) is 0 Å². The molecule has 0 bridgehead atoms. The van der Waals surface area contributed by atoms with Crippen LogP contribution < -0.4 is 0 Å². The highest BCUT2D eigenvalue weighted by Gasteiger charge is 2.13. The van der Waals surface area contributed by atoms with E-state index in [4.69, 9.17) is 0 Å². The van der Waals surface area contributed by atoms with Crippen LogP contribution in [-0.4, -0.2) is 0 Å². The van der Waals surface area contributed by atoms with Crippen LogP contribution in [0.25, 0.3) is 16.8 Å². The van der Waals surface area contributed by atoms with Crippen LogP contribution in [0.3, 0.4) is 0 Å². The number of thiol groups is 1. The summed E-state index contributed by atoms with van der Waals surface area (Å²) in [6.45, 7) is 0. The first-order valence-electron chi connectivity index (χ1n) is 5.35. The zero-order valence-electron chi connectivity index (χ0n) is 8.70. The van der Waals surface area contributed by atoms with Gasteiger partial charge in [0.15, 0.2) is 0 Å². The standard InChI is InChI=1S/C14H11BrS/c15-14-7-9-5-6-10(16)8-13(9)11-3-1-2-4-12(11)14/h1-4,7-8,16H,5-6H2. The minimum Gasteiger partial charge on any atom is -0.148 e. The third-order valence-electron chi connectivity index (χ3n) is 3.08. The molecule has 80 valence electrons. The summed E-state index contributed by atoms with van der Waals surface area (Å²) in [5, 5.41) is 2.60. The van der Waals surface area contributed by atoms with E-state index in [1.807, 2.05) is 0 Å². The van der Waals surface area contributed by atoms with Gasteiger partial charge >= 0.3 is 0 Å². The summed E-state index contributed by atoms with van der Waals surface area (Å²) in [7, 11) is 0. The molecule has 0 N–H and O–H groups in total. The first-order valence-corrected chi connectivity index (χ1v) is 6.59. The second kappa shape index (κ2) is 3.94. The fraction of sp³-hybridized carbons (Fsp3) is 0.143. The van der Waals surface area contributed by atoms with Gasteiger partial charge in [0.2, 0.25) is 0 Å². The molecule has 16 heavy (non-hydrogen) atoms. The topological polar surface area (TPSA) is 0 Å². The number of rotatable bonds is 0. The van der Waals surface area contributed by atoms with Crippen LogP contribution in [-0.2, 0) is 6.42 Å². The molecule has 0 amide bonds. The Morgan fingerprint density at radius 2 is 1.81 bits per heavy atom. The SMILES string of the molecule is SC1=Cc2c(cc(Br)c3ccccc23)CC1. The number of benzene rings is 2. The van der Waals surface area contributed by atoms with Gasteiger partial charge < -0.3 is 0 Å². The largest absolute Gasteiger partial charge is 0.148 e. The van der Waals surface area contributed by atoms with Crippen molar-refractivity contribution in [3.63, 3.8) is 0 Å². The van der Waals surface area contributed by atoms with Crippen molar-refractivity contribution in [1.82, 2.24) is 0 Å². The molecule has 0 aliphatic heterocycles. The average molecular weight is 291 g/mol. The fourth-order valence-corrected chi connectivity index (χ4v) is 3.15. The van der Waals surface area contributed by atoms with Crippen molar-refractivity contribution < 1.29 is 0 Å². The van der Waals surface area contributed by atoms with E-state index < -0.39 is 0 Å². The highest BCUT2D eigenvalue weighted by Crippen LogP contribution is 2.35. The van der Waals surface area contributed by atoms with Gasteiger partial charge in [-0.2, -0.15) is 0 Å². The van der Waals surface area contributed by atoms with E-state index in [1.54, 1.807) is 0 Å². The van der Waals surface area contributed by atoms with E-state index in [-0.39, 0.29) is 0 Å². The van der Waals surface area contributed by atoms with Crippen LogP contribution in [0.15, 0.2) is 39.7 Å². The summed E-state index contributed by atoms with van der Waals surface area (Å²) in [5.41, 5.74) is 2.76. The molecule has 1 aliphatic carbocycles. The second-order valence-corrected chi connectivity index (χ2v) is 5.54. The van der Waals surface area contributed by atoms with Crippen molar-refractivity contribution in [3.05, 3.63) is 50.8 Å². The maximum absolute atomic E-state index is 4.49. The Labute approximate surface area is 109 Å². The minimum atomic E-state index is 1.06. The number of hydrogen-bond acceptors (Lipinski definition) is 1. The Hall–Kier alpha value is -0.730. The zero-order valence-corrected chi connectivity index (χ0v) is 11.2. The molecule has 0 atom stereocenters. The molecular formula is C14H11BrS. The third-order valence-corrected chi connectivity index (χ3v) is 4.09. The Balaban J connectivity index is 2.43. The molecule has 2 aromatic carbocycles. The lowest BCUT2D eigenvalue weighted by Gasteiger charge is -2.17. The molecule has 0 saturated carbocycles. The summed E-state index contributed by atoms with van der Waals surface area (Å²) < 4.78 is 1.19. The number of aryl methyl sites for hydroxylation is 1. The van der Waals surface area contributed by atoms with Gasteiger partial charge in [-0.15, -0.1) is 12.6 Å². The van der Waals surface area contributed by atoms with Gasteiger partial charge in [-0.3, -0.25) is 0 Å². The van der Waals surface area contributed by atoms with Gasteiger partial charge in [0, 0.05) is 4.47 Å². The van der Waals surface area contributed by atoms with Crippen LogP contribution in [0.5, 0.6) is 0 Å². The van der Waals surface area contributed by atoms with Crippen LogP contribution >= 0.6 is 28.6 Å². The van der Waals surface area contributed by atoms with E-state index in [1.165, 1.54) is 31.3 Å². The first kappa shape index (κ1) is 10.4. The lowest BCUT2D eigenvalue weighted by atomic mass is 9.92. The Kier molecular flexibility index (Phi) is 2.56. The maximum atomic E-state index is 4.49. The zero-order chi connectivity index (χ0) is 11.1. The summed E-state index contributed by atoms with van der Waals surface area (Å²) >= 11 is 8.14. The average Bonchev–Trinajstić information content (AvgIpc) is 2.31. The Bertz CT molecular complexity index is 599. The van der Waals surface area contributed by atoms with Crippen LogP contribution in [0.2, 0.25) is 0 Å². The minimum absolute atomic E-state index is 1.06. The van der Waals surface area contributed by atoms with Gasteiger partial charge in [-0.05, 0) is 51.8 Å². The van der Waals surface area contributed by atoms with Gasteiger partial charge in [-0.1, -0.05) is 40.2 Å². The summed E-state index contributed by atoms with van der Waals surface area (Å²) in [6.07, 6.45) is 4.35. The molecule has 2 heteroatoms. The normalized spacial score (nSPS) is 14.8. The van der Waals surface area contributed by atoms with Crippen molar-refractivity contribution in [2.75, 3.05) is 0 Å². The summed E-state index contributed by atoms with van der Waals surface area (Å²) in [6, 6.07) is 10.7. The maximum Gasteiger partial charge on any atom is 0.0256 e. The number of hydrogen-bond donors (Lipinski definition) is 1. The molecule has 2 aromatic rings. The first-order chi connectivity index (χ1) is 7.75. The molecule has 0 fully saturated rings. The van der Waals surface area contributed by atoms with Crippen molar-refractivity contribution in [3.8, 4) is 0 Å². The quantitative estimate of drug-likeness (QED) is 0.661. The fourth-order valence-electron chi connectivity index (χ4n) is 2.29. The summed E-state index contributed by atoms with van der Waals surface area (Å²) in [5.74, 6) is 0. The van der Waals surface area contributed by atoms with Gasteiger partial charge in [0.1, 0.15) is 0 Å². The van der Waals surface area contributed by atoms with Crippen molar-refractivity contribution in [1.29, 1.82) is 0 Å². The molecule has 3 rings (SSSR count). The van der Waals surface area contributed by atoms with E-state index in [2.05, 4.69) is 65.0 Å². The monoisotopic (exact) mass is 290 g/mol. The number of fused-ring (bicyclic) bond motifs is 3. The Morgan fingerprint density at radius 3 is 2.62 bits per heavy atom. The number of halogens is 1.